The van der Waals surface area contributed by atoms with Crippen molar-refractivity contribution in [2.45, 2.75) is 36.5 Å². The van der Waals surface area contributed by atoms with Crippen LogP contribution in [0.15, 0.2) is 0 Å². The number of rotatable bonds is 5. The molecule has 8 nitrogen and oxygen atoms in total. The number of hydrogen-bond donors (Lipinski definition) is 1. The highest BCUT2D eigenvalue weighted by Gasteiger charge is 2.63. The van der Waals surface area contributed by atoms with E-state index in [1.54, 1.807) is 0 Å². The molecule has 2 aliphatic carbocycles. The highest BCUT2D eigenvalue weighted by atomic mass is 32.2. The molecule has 1 saturated heterocycles. The zero-order valence-corrected chi connectivity index (χ0v) is 12.7. The van der Waals surface area contributed by atoms with Gasteiger partial charge in [-0.3, -0.25) is 9.35 Å². The lowest BCUT2D eigenvalue weighted by atomic mass is 9.88. The summed E-state index contributed by atoms with van der Waals surface area (Å²) in [6.45, 7) is -1.63. The van der Waals surface area contributed by atoms with Crippen LogP contribution in [0.4, 0.5) is 18.0 Å². The Balaban J connectivity index is 1.53. The molecule has 0 aromatic carbocycles. The molecule has 0 radical (unpaired) electrons. The van der Waals surface area contributed by atoms with Crippen molar-refractivity contribution in [3.63, 3.8) is 0 Å². The smallest absolute Gasteiger partial charge is 0.458 e. The lowest BCUT2D eigenvalue weighted by Crippen LogP contribution is -2.42. The molecule has 1 N–H and O–H groups in total. The first-order valence-corrected chi connectivity index (χ1v) is 8.49. The van der Waals surface area contributed by atoms with Crippen molar-refractivity contribution in [1.29, 1.82) is 0 Å². The summed E-state index contributed by atoms with van der Waals surface area (Å²) in [6.07, 6.45) is -5.29. The summed E-state index contributed by atoms with van der Waals surface area (Å²) in [6, 6.07) is 0. The average Bonchev–Trinajstić information content (AvgIpc) is 3.08. The summed E-state index contributed by atoms with van der Waals surface area (Å²) in [5, 5.41) is -5.12. The van der Waals surface area contributed by atoms with Crippen LogP contribution in [0, 0.1) is 17.8 Å². The van der Waals surface area contributed by atoms with Gasteiger partial charge in [0.05, 0.1) is 5.92 Å². The Bertz CT molecular complexity index is 665. The van der Waals surface area contributed by atoms with Gasteiger partial charge >= 0.3 is 27.5 Å². The summed E-state index contributed by atoms with van der Waals surface area (Å²) in [7, 11) is -5.99. The second-order valence-electron chi connectivity index (χ2n) is 6.05. The van der Waals surface area contributed by atoms with Crippen LogP contribution < -0.4 is 0 Å². The van der Waals surface area contributed by atoms with Crippen molar-refractivity contribution in [3.05, 3.63) is 0 Å². The largest absolute Gasteiger partial charge is 0.508 e. The van der Waals surface area contributed by atoms with Gasteiger partial charge in [-0.1, -0.05) is 0 Å². The van der Waals surface area contributed by atoms with Gasteiger partial charge in [-0.25, -0.2) is 9.18 Å². The molecule has 0 spiro atoms. The molecule has 24 heavy (non-hydrogen) atoms. The van der Waals surface area contributed by atoms with E-state index < -0.39 is 46.5 Å². The fourth-order valence-corrected chi connectivity index (χ4v) is 4.00. The number of alkyl halides is 3. The summed E-state index contributed by atoms with van der Waals surface area (Å²) in [5.41, 5.74) is 0. The van der Waals surface area contributed by atoms with E-state index >= 15 is 0 Å². The highest BCUT2D eigenvalue weighted by Crippen LogP contribution is 2.55. The van der Waals surface area contributed by atoms with Crippen molar-refractivity contribution in [2.24, 2.45) is 17.8 Å². The van der Waals surface area contributed by atoms with E-state index in [1.807, 2.05) is 0 Å². The van der Waals surface area contributed by atoms with Gasteiger partial charge in [0.15, 0.2) is 0 Å². The number of fused-ring (bicyclic) bond motifs is 1. The summed E-state index contributed by atoms with van der Waals surface area (Å²) < 4.78 is 82.3. The minimum atomic E-state index is -5.99. The second kappa shape index (κ2) is 5.48. The average molecular weight is 374 g/mol. The molecule has 3 fully saturated rings. The molecule has 2 bridgehead atoms. The Kier molecular flexibility index (Phi) is 3.94. The molecule has 6 unspecified atom stereocenters. The van der Waals surface area contributed by atoms with Crippen LogP contribution in [-0.2, 0) is 29.1 Å². The summed E-state index contributed by atoms with van der Waals surface area (Å²) >= 11 is 0. The first kappa shape index (κ1) is 17.3. The first-order chi connectivity index (χ1) is 11.0. The fourth-order valence-electron chi connectivity index (χ4n) is 3.61. The Morgan fingerprint density at radius 1 is 1.42 bits per heavy atom. The number of halogens is 3. The van der Waals surface area contributed by atoms with Crippen molar-refractivity contribution in [1.82, 2.24) is 0 Å². The standard InChI is InChI=1S/C12H13F3O8S/c13-7(12(14,15)24(18,19)20)3-21-11(17)23-8-4-1-5-6(2-4)10(16)22-9(5)8/h4-9H,1-3H2,(H,18,19,20). The lowest BCUT2D eigenvalue weighted by molar-refractivity contribution is -0.146. The van der Waals surface area contributed by atoms with Gasteiger partial charge in [0.25, 0.3) is 0 Å². The maximum Gasteiger partial charge on any atom is 0.508 e. The molecule has 6 atom stereocenters. The number of hydrogen-bond acceptors (Lipinski definition) is 7. The third-order valence-electron chi connectivity index (χ3n) is 4.70. The lowest BCUT2D eigenvalue weighted by Gasteiger charge is -2.25. The Labute approximate surface area is 134 Å². The van der Waals surface area contributed by atoms with E-state index in [0.29, 0.717) is 12.8 Å². The molecule has 1 heterocycles. The van der Waals surface area contributed by atoms with E-state index in [1.165, 1.54) is 0 Å². The highest BCUT2D eigenvalue weighted by molar-refractivity contribution is 7.86. The van der Waals surface area contributed by atoms with Crippen LogP contribution in [0.1, 0.15) is 12.8 Å². The summed E-state index contributed by atoms with van der Waals surface area (Å²) in [5.74, 6) is -0.800. The molecule has 0 aromatic rings. The normalized spacial score (nSPS) is 35.7. The maximum absolute atomic E-state index is 13.2. The molecule has 3 rings (SSSR count). The topological polar surface area (TPSA) is 116 Å². The van der Waals surface area contributed by atoms with Crippen molar-refractivity contribution in [2.75, 3.05) is 6.61 Å². The Morgan fingerprint density at radius 3 is 2.71 bits per heavy atom. The number of ether oxygens (including phenoxy) is 3. The van der Waals surface area contributed by atoms with Crippen molar-refractivity contribution in [3.8, 4) is 0 Å². The monoisotopic (exact) mass is 374 g/mol. The van der Waals surface area contributed by atoms with Gasteiger partial charge in [-0.05, 0) is 12.8 Å². The second-order valence-corrected chi connectivity index (χ2v) is 7.55. The molecule has 0 aromatic heterocycles. The van der Waals surface area contributed by atoms with Crippen LogP contribution >= 0.6 is 0 Å². The molecule has 136 valence electrons. The van der Waals surface area contributed by atoms with Gasteiger partial charge in [0.1, 0.15) is 18.8 Å². The van der Waals surface area contributed by atoms with Crippen molar-refractivity contribution >= 4 is 22.2 Å². The first-order valence-electron chi connectivity index (χ1n) is 7.05. The Morgan fingerprint density at radius 2 is 2.08 bits per heavy atom. The molecule has 0 amide bonds. The van der Waals surface area contributed by atoms with Crippen LogP contribution in [0.5, 0.6) is 0 Å². The third kappa shape index (κ3) is 2.61. The van der Waals surface area contributed by atoms with E-state index in [4.69, 9.17) is 14.0 Å². The van der Waals surface area contributed by atoms with Crippen LogP contribution in [0.3, 0.4) is 0 Å². The van der Waals surface area contributed by atoms with E-state index in [9.17, 15) is 31.2 Å². The fraction of sp³-hybridized carbons (Fsp3) is 0.833. The quantitative estimate of drug-likeness (QED) is 0.558. The maximum atomic E-state index is 13.2. The van der Waals surface area contributed by atoms with Crippen LogP contribution in [-0.4, -0.2) is 55.3 Å². The molecular weight excluding hydrogens is 361 g/mol. The number of carbonyl (C=O) groups is 2. The van der Waals surface area contributed by atoms with Crippen molar-refractivity contribution < 1.29 is 49.9 Å². The zero-order valence-electron chi connectivity index (χ0n) is 11.9. The van der Waals surface area contributed by atoms with Crippen LogP contribution in [0.25, 0.3) is 0 Å². The third-order valence-corrected chi connectivity index (χ3v) is 5.65. The van der Waals surface area contributed by atoms with E-state index in [2.05, 4.69) is 4.74 Å². The van der Waals surface area contributed by atoms with Gasteiger partial charge in [-0.2, -0.15) is 17.2 Å². The molecular formula is C12H13F3O8S. The molecule has 2 saturated carbocycles. The molecule has 12 heteroatoms. The minimum absolute atomic E-state index is 0.0712. The minimum Gasteiger partial charge on any atom is -0.458 e. The predicted molar refractivity (Wildman–Crippen MR) is 67.2 cm³/mol. The molecule has 1 aliphatic heterocycles. The van der Waals surface area contributed by atoms with E-state index in [0.717, 1.165) is 0 Å². The van der Waals surface area contributed by atoms with Gasteiger partial charge < -0.3 is 14.2 Å². The predicted octanol–water partition coefficient (Wildman–Crippen LogP) is 0.908. The number of carbonyl (C=O) groups excluding carboxylic acids is 2. The van der Waals surface area contributed by atoms with Gasteiger partial charge in [0.2, 0.25) is 6.17 Å². The van der Waals surface area contributed by atoms with Gasteiger partial charge in [0, 0.05) is 11.8 Å². The Hall–Kier alpha value is -1.56. The van der Waals surface area contributed by atoms with E-state index in [-0.39, 0.29) is 23.7 Å². The molecule has 3 aliphatic rings. The zero-order chi connectivity index (χ0) is 17.9. The SMILES string of the molecule is O=C(OCC(F)C(F)(F)S(=O)(=O)O)OC1C2CC3C(=O)OC1C3C2. The van der Waals surface area contributed by atoms with Gasteiger partial charge in [-0.15, -0.1) is 0 Å². The van der Waals surface area contributed by atoms with Crippen LogP contribution in [0.2, 0.25) is 0 Å². The summed E-state index contributed by atoms with van der Waals surface area (Å²) in [4.78, 5) is 23.0. The number of esters is 1.